The molecule has 1 aromatic carbocycles. The maximum absolute atomic E-state index is 12.7. The van der Waals surface area contributed by atoms with E-state index in [1.807, 2.05) is 0 Å². The summed E-state index contributed by atoms with van der Waals surface area (Å²) >= 11 is 0. The summed E-state index contributed by atoms with van der Waals surface area (Å²) in [7, 11) is 1.47. The van der Waals surface area contributed by atoms with E-state index in [-0.39, 0.29) is 24.4 Å². The largest absolute Gasteiger partial charge is 0.503 e. The lowest BCUT2D eigenvalue weighted by Crippen LogP contribution is -2.27. The van der Waals surface area contributed by atoms with Gasteiger partial charge in [-0.1, -0.05) is 12.1 Å². The van der Waals surface area contributed by atoms with Crippen molar-refractivity contribution in [1.29, 1.82) is 0 Å². The van der Waals surface area contributed by atoms with Crippen molar-refractivity contribution in [2.45, 2.75) is 12.7 Å². The minimum Gasteiger partial charge on any atom is -0.503 e. The van der Waals surface area contributed by atoms with Gasteiger partial charge >= 0.3 is 6.18 Å². The molecule has 0 saturated carbocycles. The molecule has 2 amide bonds. The lowest BCUT2D eigenvalue weighted by Gasteiger charge is -2.10. The molecule has 29 heavy (non-hydrogen) atoms. The van der Waals surface area contributed by atoms with Gasteiger partial charge in [0.05, 0.1) is 23.9 Å². The summed E-state index contributed by atoms with van der Waals surface area (Å²) in [5, 5.41) is 12.3. The fourth-order valence-corrected chi connectivity index (χ4v) is 2.60. The van der Waals surface area contributed by atoms with E-state index in [9.17, 15) is 27.9 Å². The van der Waals surface area contributed by atoms with E-state index < -0.39 is 29.3 Å². The molecule has 0 unspecified atom stereocenters. The molecule has 2 aromatic rings. The van der Waals surface area contributed by atoms with Crippen molar-refractivity contribution in [3.05, 3.63) is 65.2 Å². The average molecular weight is 407 g/mol. The number of aliphatic hydroxyl groups excluding tert-OH is 1. The van der Waals surface area contributed by atoms with Gasteiger partial charge in [-0.15, -0.1) is 0 Å². The Balaban J connectivity index is 1.60. The summed E-state index contributed by atoms with van der Waals surface area (Å²) in [5.74, 6) is -1.50. The fraction of sp³-hybridized carbons (Fsp3) is 0.211. The number of aromatic nitrogens is 1. The number of carbonyl (C=O) groups is 2. The topological polar surface area (TPSA) is 91.8 Å². The Kier molecular flexibility index (Phi) is 5.44. The molecular weight excluding hydrogens is 391 g/mol. The second kappa shape index (κ2) is 7.82. The summed E-state index contributed by atoms with van der Waals surface area (Å²) in [6.07, 6.45) is -2.64. The first kappa shape index (κ1) is 20.2. The van der Waals surface area contributed by atoms with Gasteiger partial charge in [-0.05, 0) is 23.8 Å². The van der Waals surface area contributed by atoms with Crippen LogP contribution in [0.15, 0.2) is 54.1 Å². The number of aliphatic hydroxyl groups is 1. The van der Waals surface area contributed by atoms with Crippen LogP contribution < -0.4 is 10.1 Å². The van der Waals surface area contributed by atoms with Gasteiger partial charge in [0, 0.05) is 19.8 Å². The smallest absolute Gasteiger partial charge is 0.418 e. The molecule has 1 aromatic heterocycles. The summed E-state index contributed by atoms with van der Waals surface area (Å²) < 4.78 is 43.5. The molecule has 7 nitrogen and oxygen atoms in total. The zero-order chi connectivity index (χ0) is 21.2. The maximum Gasteiger partial charge on any atom is 0.418 e. The van der Waals surface area contributed by atoms with E-state index >= 15 is 0 Å². The molecule has 10 heteroatoms. The van der Waals surface area contributed by atoms with Crippen LogP contribution in [-0.4, -0.2) is 40.4 Å². The van der Waals surface area contributed by atoms with Crippen LogP contribution in [0.3, 0.4) is 0 Å². The predicted octanol–water partition coefficient (Wildman–Crippen LogP) is 2.79. The molecular formula is C19H16F3N3O4. The molecule has 0 spiro atoms. The normalized spacial score (nSPS) is 14.3. The zero-order valence-electron chi connectivity index (χ0n) is 15.2. The fourth-order valence-electron chi connectivity index (χ4n) is 2.60. The number of nitrogens with zero attached hydrogens (tertiary/aromatic N) is 2. The Morgan fingerprint density at radius 1 is 1.24 bits per heavy atom. The second-order valence-electron chi connectivity index (χ2n) is 6.32. The number of amides is 2. The molecule has 0 saturated heterocycles. The van der Waals surface area contributed by atoms with Gasteiger partial charge in [0.25, 0.3) is 11.8 Å². The summed E-state index contributed by atoms with van der Waals surface area (Å²) in [5.41, 5.74) is -0.233. The van der Waals surface area contributed by atoms with Crippen molar-refractivity contribution >= 4 is 11.8 Å². The Bertz CT molecular complexity index is 971. The summed E-state index contributed by atoms with van der Waals surface area (Å²) in [6.45, 7) is 0.146. The SMILES string of the molecule is CN1CC(C(=O)NCc2ccc(Oc3cncc(C(F)(F)F)c3)cc2)=C(O)C1=O. The van der Waals surface area contributed by atoms with Gasteiger partial charge < -0.3 is 20.1 Å². The van der Waals surface area contributed by atoms with Gasteiger partial charge in [-0.2, -0.15) is 13.2 Å². The van der Waals surface area contributed by atoms with E-state index in [0.717, 1.165) is 6.07 Å². The number of nitrogens with one attached hydrogen (secondary N) is 1. The number of pyridine rings is 1. The van der Waals surface area contributed by atoms with Crippen molar-refractivity contribution in [2.24, 2.45) is 0 Å². The van der Waals surface area contributed by atoms with E-state index in [4.69, 9.17) is 4.74 Å². The molecule has 2 N–H and O–H groups in total. The lowest BCUT2D eigenvalue weighted by atomic mass is 10.2. The molecule has 0 fully saturated rings. The van der Waals surface area contributed by atoms with Crippen LogP contribution in [0.25, 0.3) is 0 Å². The van der Waals surface area contributed by atoms with Gasteiger partial charge in [-0.3, -0.25) is 14.6 Å². The standard InChI is InChI=1S/C19H16F3N3O4/c1-25-10-15(16(26)18(25)28)17(27)24-7-11-2-4-13(5-3-11)29-14-6-12(8-23-9-14)19(20,21)22/h2-6,8-9,26H,7,10H2,1H3,(H,24,27). The van der Waals surface area contributed by atoms with Crippen LogP contribution in [0.5, 0.6) is 11.5 Å². The number of hydrogen-bond donors (Lipinski definition) is 2. The van der Waals surface area contributed by atoms with Crippen LogP contribution in [0, 0.1) is 0 Å². The summed E-state index contributed by atoms with van der Waals surface area (Å²) in [6, 6.07) is 7.16. The molecule has 152 valence electrons. The number of carbonyl (C=O) groups excluding carboxylic acids is 2. The molecule has 0 atom stereocenters. The molecule has 1 aliphatic rings. The third-order valence-electron chi connectivity index (χ3n) is 4.16. The third-order valence-corrected chi connectivity index (χ3v) is 4.16. The second-order valence-corrected chi connectivity index (χ2v) is 6.32. The number of likely N-dealkylation sites (N-methyl/N-ethyl adjacent to an activating group) is 1. The molecule has 2 heterocycles. The number of halogens is 3. The van der Waals surface area contributed by atoms with Crippen LogP contribution >= 0.6 is 0 Å². The molecule has 3 rings (SSSR count). The number of hydrogen-bond acceptors (Lipinski definition) is 5. The Hall–Kier alpha value is -3.56. The molecule has 0 radical (unpaired) electrons. The Morgan fingerprint density at radius 2 is 1.93 bits per heavy atom. The van der Waals surface area contributed by atoms with Crippen molar-refractivity contribution < 1.29 is 32.6 Å². The highest BCUT2D eigenvalue weighted by Gasteiger charge is 2.32. The van der Waals surface area contributed by atoms with Crippen molar-refractivity contribution in [1.82, 2.24) is 15.2 Å². The molecule has 0 aliphatic carbocycles. The first-order chi connectivity index (χ1) is 13.6. The highest BCUT2D eigenvalue weighted by molar-refractivity contribution is 6.06. The van der Waals surface area contributed by atoms with E-state index in [1.54, 1.807) is 12.1 Å². The van der Waals surface area contributed by atoms with Crippen LogP contribution in [0.2, 0.25) is 0 Å². The Labute approximate surface area is 163 Å². The highest BCUT2D eigenvalue weighted by atomic mass is 19.4. The zero-order valence-corrected chi connectivity index (χ0v) is 15.2. The van der Waals surface area contributed by atoms with Crippen LogP contribution in [-0.2, 0) is 22.3 Å². The minimum absolute atomic E-state index is 0.00509. The number of rotatable bonds is 5. The quantitative estimate of drug-likeness (QED) is 0.795. The first-order valence-electron chi connectivity index (χ1n) is 8.40. The molecule has 1 aliphatic heterocycles. The third kappa shape index (κ3) is 4.65. The lowest BCUT2D eigenvalue weighted by molar-refractivity contribution is -0.138. The number of benzene rings is 1. The number of alkyl halides is 3. The van der Waals surface area contributed by atoms with E-state index in [2.05, 4.69) is 10.3 Å². The van der Waals surface area contributed by atoms with Crippen molar-refractivity contribution in [3.8, 4) is 11.5 Å². The monoisotopic (exact) mass is 407 g/mol. The van der Waals surface area contributed by atoms with E-state index in [1.165, 1.54) is 30.3 Å². The van der Waals surface area contributed by atoms with Crippen molar-refractivity contribution in [2.75, 3.05) is 13.6 Å². The van der Waals surface area contributed by atoms with Gasteiger partial charge in [0.15, 0.2) is 5.76 Å². The number of ether oxygens (including phenoxy) is 1. The highest BCUT2D eigenvalue weighted by Crippen LogP contribution is 2.31. The van der Waals surface area contributed by atoms with Gasteiger partial charge in [0.2, 0.25) is 0 Å². The maximum atomic E-state index is 12.7. The van der Waals surface area contributed by atoms with Gasteiger partial charge in [-0.25, -0.2) is 0 Å². The van der Waals surface area contributed by atoms with Crippen LogP contribution in [0.4, 0.5) is 13.2 Å². The Morgan fingerprint density at radius 3 is 2.52 bits per heavy atom. The predicted molar refractivity (Wildman–Crippen MR) is 94.9 cm³/mol. The average Bonchev–Trinajstić information content (AvgIpc) is 2.94. The van der Waals surface area contributed by atoms with E-state index in [0.29, 0.717) is 17.5 Å². The van der Waals surface area contributed by atoms with Gasteiger partial charge in [0.1, 0.15) is 11.5 Å². The summed E-state index contributed by atoms with van der Waals surface area (Å²) in [4.78, 5) is 28.4. The molecule has 0 bridgehead atoms. The van der Waals surface area contributed by atoms with Crippen molar-refractivity contribution in [3.63, 3.8) is 0 Å². The minimum atomic E-state index is -4.52. The van der Waals surface area contributed by atoms with Crippen LogP contribution in [0.1, 0.15) is 11.1 Å². The first-order valence-corrected chi connectivity index (χ1v) is 8.40.